The van der Waals surface area contributed by atoms with Crippen molar-refractivity contribution in [3.8, 4) is 0 Å². The van der Waals surface area contributed by atoms with Crippen molar-refractivity contribution in [1.82, 2.24) is 5.32 Å². The number of carbonyl (C=O) groups is 1. The Morgan fingerprint density at radius 2 is 0.737 bits per heavy atom. The number of nitrogens with one attached hydrogen (secondary N) is 1. The van der Waals surface area contributed by atoms with E-state index in [0.717, 1.165) is 38.5 Å². The molecule has 0 aromatic carbocycles. The van der Waals surface area contributed by atoms with E-state index in [2.05, 4.69) is 43.5 Å². The van der Waals surface area contributed by atoms with Crippen molar-refractivity contribution in [3.05, 3.63) is 36.5 Å². The van der Waals surface area contributed by atoms with E-state index >= 15 is 0 Å². The molecule has 0 aliphatic heterocycles. The van der Waals surface area contributed by atoms with Gasteiger partial charge in [0.05, 0.1) is 39.9 Å². The number of rotatable bonds is 62. The molecule has 0 rings (SSSR count). The Kier molecular flexibility index (Phi) is 57.4. The van der Waals surface area contributed by atoms with Crippen LogP contribution in [0.4, 0.5) is 0 Å². The number of nitrogens with zero attached hydrogens (tertiary/aromatic N) is 1. The number of hydrogen-bond acceptors (Lipinski definition) is 6. The first kappa shape index (κ1) is 74.7. The number of hydrogen-bond donors (Lipinski definition) is 2. The quantitative estimate of drug-likeness (QED) is 0.0272. The van der Waals surface area contributed by atoms with Crippen molar-refractivity contribution >= 4 is 13.7 Å². The van der Waals surface area contributed by atoms with Gasteiger partial charge in [-0.2, -0.15) is 0 Å². The molecule has 0 aliphatic carbocycles. The van der Waals surface area contributed by atoms with Crippen LogP contribution in [0.1, 0.15) is 335 Å². The van der Waals surface area contributed by atoms with E-state index in [1.807, 2.05) is 27.2 Å². The second-order valence-corrected chi connectivity index (χ2v) is 25.6. The molecule has 0 fully saturated rings. The van der Waals surface area contributed by atoms with Gasteiger partial charge in [0.25, 0.3) is 7.82 Å². The third-order valence-electron chi connectivity index (χ3n) is 15.3. The van der Waals surface area contributed by atoms with Crippen molar-refractivity contribution in [1.29, 1.82) is 0 Å². The zero-order chi connectivity index (χ0) is 55.6. The fourth-order valence-corrected chi connectivity index (χ4v) is 10.8. The molecule has 8 nitrogen and oxygen atoms in total. The molecule has 0 aromatic rings. The number of phosphoric ester groups is 1. The first-order chi connectivity index (χ1) is 37.0. The third-order valence-corrected chi connectivity index (χ3v) is 16.3. The molecule has 0 radical (unpaired) electrons. The average molecular weight is 1090 g/mol. The lowest BCUT2D eigenvalue weighted by atomic mass is 10.0. The summed E-state index contributed by atoms with van der Waals surface area (Å²) in [5, 5.41) is 13.9. The first-order valence-electron chi connectivity index (χ1n) is 33.4. The molecule has 450 valence electrons. The maximum absolute atomic E-state index is 13.0. The van der Waals surface area contributed by atoms with Crippen LogP contribution in [0.5, 0.6) is 0 Å². The molecular weight excluding hydrogens is 960 g/mol. The van der Waals surface area contributed by atoms with Crippen LogP contribution in [0, 0.1) is 0 Å². The molecule has 3 atom stereocenters. The summed E-state index contributed by atoms with van der Waals surface area (Å²) >= 11 is 0. The van der Waals surface area contributed by atoms with Gasteiger partial charge in [0, 0.05) is 6.42 Å². The van der Waals surface area contributed by atoms with Gasteiger partial charge >= 0.3 is 0 Å². The van der Waals surface area contributed by atoms with Gasteiger partial charge in [-0.05, 0) is 57.8 Å². The lowest BCUT2D eigenvalue weighted by Gasteiger charge is -2.29. The Morgan fingerprint density at radius 3 is 1.07 bits per heavy atom. The summed E-state index contributed by atoms with van der Waals surface area (Å²) < 4.78 is 23.3. The number of aliphatic hydroxyl groups is 1. The van der Waals surface area contributed by atoms with Gasteiger partial charge in [0.2, 0.25) is 5.91 Å². The summed E-state index contributed by atoms with van der Waals surface area (Å²) in [6.45, 7) is 4.66. The molecule has 3 unspecified atom stereocenters. The number of carbonyl (C=O) groups excluding carboxylic acids is 1. The Bertz CT molecular complexity index is 1330. The minimum atomic E-state index is -4.60. The van der Waals surface area contributed by atoms with Gasteiger partial charge in [-0.3, -0.25) is 9.36 Å². The maximum atomic E-state index is 13.0. The third kappa shape index (κ3) is 60.4. The molecule has 0 aromatic heterocycles. The van der Waals surface area contributed by atoms with E-state index in [4.69, 9.17) is 9.05 Å². The monoisotopic (exact) mass is 1090 g/mol. The van der Waals surface area contributed by atoms with Gasteiger partial charge in [0.1, 0.15) is 13.2 Å². The van der Waals surface area contributed by atoms with Crippen LogP contribution in [0.3, 0.4) is 0 Å². The van der Waals surface area contributed by atoms with E-state index in [9.17, 15) is 19.4 Å². The predicted octanol–water partition coefficient (Wildman–Crippen LogP) is 20.3. The van der Waals surface area contributed by atoms with Crippen LogP contribution in [-0.4, -0.2) is 68.5 Å². The van der Waals surface area contributed by atoms with E-state index in [1.54, 1.807) is 6.08 Å². The van der Waals surface area contributed by atoms with Gasteiger partial charge in [-0.15, -0.1) is 0 Å². The molecule has 0 saturated heterocycles. The first-order valence-corrected chi connectivity index (χ1v) is 34.8. The van der Waals surface area contributed by atoms with E-state index in [1.165, 1.54) is 276 Å². The molecule has 2 N–H and O–H groups in total. The second-order valence-electron chi connectivity index (χ2n) is 24.2. The maximum Gasteiger partial charge on any atom is 0.268 e. The zero-order valence-corrected chi connectivity index (χ0v) is 52.4. The highest BCUT2D eigenvalue weighted by Crippen LogP contribution is 2.38. The number of likely N-dealkylation sites (N-methyl/N-ethyl adjacent to an activating group) is 1. The summed E-state index contributed by atoms with van der Waals surface area (Å²) in [7, 11) is 1.25. The van der Waals surface area contributed by atoms with Crippen LogP contribution in [0.2, 0.25) is 0 Å². The molecule has 9 heteroatoms. The fourth-order valence-electron chi connectivity index (χ4n) is 10.1. The molecule has 0 bridgehead atoms. The lowest BCUT2D eigenvalue weighted by Crippen LogP contribution is -2.45. The highest BCUT2D eigenvalue weighted by atomic mass is 31.2. The molecule has 0 heterocycles. The highest BCUT2D eigenvalue weighted by molar-refractivity contribution is 7.45. The van der Waals surface area contributed by atoms with Crippen LogP contribution >= 0.6 is 7.82 Å². The number of unbranched alkanes of at least 4 members (excludes halogenated alkanes) is 45. The number of allylic oxidation sites excluding steroid dienone is 5. The standard InChI is InChI=1S/C67H131N2O6P/c1-6-8-10-12-14-16-18-20-22-23-24-25-26-27-28-29-30-31-32-33-34-35-36-37-38-39-40-41-42-43-44-45-47-49-51-53-55-57-59-61-67(71)68-65(64-75-76(72,73)74-63-62-69(3,4)5)66(70)60-58-56-54-52-50-48-46-21-19-17-15-13-11-9-7-2/h33-34,50,52,58,60,65-66,70H,6-32,35-49,51,53-57,59,61-64H2,1-5H3,(H-,68,71,72,73)/b34-33-,52-50+,60-58+. The fraction of sp³-hybridized carbons (Fsp3) is 0.896. The Hall–Kier alpha value is -1.28. The van der Waals surface area contributed by atoms with E-state index in [-0.39, 0.29) is 19.1 Å². The van der Waals surface area contributed by atoms with Gasteiger partial charge in [0.15, 0.2) is 0 Å². The van der Waals surface area contributed by atoms with Crippen molar-refractivity contribution in [2.45, 2.75) is 347 Å². The Balaban J connectivity index is 3.91. The van der Waals surface area contributed by atoms with Crippen LogP contribution in [0.25, 0.3) is 0 Å². The number of amides is 1. The molecule has 0 saturated carbocycles. The van der Waals surface area contributed by atoms with E-state index < -0.39 is 20.0 Å². The summed E-state index contributed by atoms with van der Waals surface area (Å²) in [4.78, 5) is 25.5. The smallest absolute Gasteiger partial charge is 0.268 e. The summed E-state index contributed by atoms with van der Waals surface area (Å²) in [6, 6.07) is -0.902. The minimum Gasteiger partial charge on any atom is -0.756 e. The van der Waals surface area contributed by atoms with Crippen molar-refractivity contribution in [3.63, 3.8) is 0 Å². The molecular formula is C67H131N2O6P. The van der Waals surface area contributed by atoms with Gasteiger partial charge in [-0.1, -0.05) is 307 Å². The van der Waals surface area contributed by atoms with Crippen molar-refractivity contribution in [2.24, 2.45) is 0 Å². The van der Waals surface area contributed by atoms with Gasteiger partial charge < -0.3 is 28.8 Å². The Labute approximate surface area is 474 Å². The second kappa shape index (κ2) is 58.4. The molecule has 76 heavy (non-hydrogen) atoms. The highest BCUT2D eigenvalue weighted by Gasteiger charge is 2.23. The number of aliphatic hydroxyl groups excluding tert-OH is 1. The van der Waals surface area contributed by atoms with Gasteiger partial charge in [-0.25, -0.2) is 0 Å². The minimum absolute atomic E-state index is 0.00501. The molecule has 1 amide bonds. The largest absolute Gasteiger partial charge is 0.756 e. The van der Waals surface area contributed by atoms with Crippen LogP contribution in [0.15, 0.2) is 36.5 Å². The summed E-state index contributed by atoms with van der Waals surface area (Å²) in [5.74, 6) is -0.202. The van der Waals surface area contributed by atoms with Crippen LogP contribution < -0.4 is 10.2 Å². The summed E-state index contributed by atoms with van der Waals surface area (Å²) in [5.41, 5.74) is 0. The zero-order valence-electron chi connectivity index (χ0n) is 51.5. The van der Waals surface area contributed by atoms with Crippen LogP contribution in [-0.2, 0) is 18.4 Å². The molecule has 0 spiro atoms. The normalized spacial score (nSPS) is 13.9. The topological polar surface area (TPSA) is 108 Å². The van der Waals surface area contributed by atoms with Crippen molar-refractivity contribution in [2.75, 3.05) is 40.9 Å². The number of quaternary nitrogens is 1. The Morgan fingerprint density at radius 1 is 0.447 bits per heavy atom. The van der Waals surface area contributed by atoms with Crippen molar-refractivity contribution < 1.29 is 32.9 Å². The van der Waals surface area contributed by atoms with E-state index in [0.29, 0.717) is 17.4 Å². The SMILES string of the molecule is CCCCCCCCCCC/C=C/CC/C=C/C(O)C(COP(=O)([O-])OCC[N+](C)(C)C)NC(=O)CCCCCCCCCCCCCCCCCCC/C=C\CCCCCCCCCCCCCCCCCCCC. The predicted molar refractivity (Wildman–Crippen MR) is 330 cm³/mol. The lowest BCUT2D eigenvalue weighted by molar-refractivity contribution is -0.870. The number of phosphoric acid groups is 1. The average Bonchev–Trinajstić information content (AvgIpc) is 3.38. The molecule has 0 aliphatic rings. The summed E-state index contributed by atoms with van der Waals surface area (Å²) in [6.07, 6.45) is 77.1.